The number of thioether (sulfide) groups is 1. The summed E-state index contributed by atoms with van der Waals surface area (Å²) in [4.78, 5) is 12.2. The fourth-order valence-corrected chi connectivity index (χ4v) is 6.45. The fraction of sp³-hybridized carbons (Fsp3) is 0.929. The van der Waals surface area contributed by atoms with Gasteiger partial charge in [0, 0.05) is 37.1 Å². The second-order valence-electron chi connectivity index (χ2n) is 6.40. The van der Waals surface area contributed by atoms with Crippen molar-refractivity contribution in [1.29, 1.82) is 0 Å². The molecular weight excluding hydrogens is 308 g/mol. The van der Waals surface area contributed by atoms with Gasteiger partial charge in [0.05, 0.1) is 5.75 Å². The lowest BCUT2D eigenvalue weighted by atomic mass is 9.88. The molecule has 3 fully saturated rings. The maximum absolute atomic E-state index is 12.2. The molecule has 3 rings (SSSR count). The molecule has 2 saturated carbocycles. The van der Waals surface area contributed by atoms with E-state index in [0.717, 1.165) is 23.8 Å². The van der Waals surface area contributed by atoms with Crippen LogP contribution < -0.4 is 5.32 Å². The zero-order chi connectivity index (χ0) is 14.9. The van der Waals surface area contributed by atoms with Gasteiger partial charge in [-0.2, -0.15) is 11.8 Å². The SMILES string of the molecule is O=C(NCCS(=O)(=O)N1CCSCC1)[C@@H]1C[C@H]2CC[C@H]1C2. The zero-order valence-electron chi connectivity index (χ0n) is 12.3. The van der Waals surface area contributed by atoms with E-state index in [2.05, 4.69) is 5.32 Å². The van der Waals surface area contributed by atoms with Gasteiger partial charge >= 0.3 is 0 Å². The lowest BCUT2D eigenvalue weighted by Gasteiger charge is -2.26. The average molecular weight is 332 g/mol. The van der Waals surface area contributed by atoms with Gasteiger partial charge in [-0.25, -0.2) is 12.7 Å². The Hall–Kier alpha value is -0.270. The van der Waals surface area contributed by atoms with Gasteiger partial charge in [-0.3, -0.25) is 4.79 Å². The molecule has 1 heterocycles. The predicted octanol–water partition coefficient (Wildman–Crippen LogP) is 0.917. The Labute approximate surface area is 131 Å². The van der Waals surface area contributed by atoms with Crippen LogP contribution in [0.2, 0.25) is 0 Å². The second kappa shape index (κ2) is 6.46. The number of carbonyl (C=O) groups is 1. The van der Waals surface area contributed by atoms with Gasteiger partial charge in [-0.15, -0.1) is 0 Å². The highest BCUT2D eigenvalue weighted by atomic mass is 32.2. The molecule has 7 heteroatoms. The smallest absolute Gasteiger partial charge is 0.223 e. The summed E-state index contributed by atoms with van der Waals surface area (Å²) < 4.78 is 25.9. The minimum atomic E-state index is -3.21. The van der Waals surface area contributed by atoms with E-state index in [0.29, 0.717) is 19.0 Å². The number of sulfonamides is 1. The standard InChI is InChI=1S/C14H24N2O3S2/c17-14(13-10-11-1-2-12(13)9-11)15-3-8-21(18,19)16-4-6-20-7-5-16/h11-13H,1-10H2,(H,15,17)/t11-,12-,13+/m0/s1. The van der Waals surface area contributed by atoms with Gasteiger partial charge in [0.15, 0.2) is 0 Å². The van der Waals surface area contributed by atoms with Crippen LogP contribution >= 0.6 is 11.8 Å². The highest BCUT2D eigenvalue weighted by Crippen LogP contribution is 2.48. The predicted molar refractivity (Wildman–Crippen MR) is 84.6 cm³/mol. The Balaban J connectivity index is 1.44. The Bertz CT molecular complexity index is 488. The Kier molecular flexibility index (Phi) is 4.81. The second-order valence-corrected chi connectivity index (χ2v) is 9.71. The lowest BCUT2D eigenvalue weighted by Crippen LogP contribution is -2.43. The van der Waals surface area contributed by atoms with Crippen molar-refractivity contribution in [2.45, 2.75) is 25.7 Å². The molecule has 5 nitrogen and oxygen atoms in total. The van der Waals surface area contributed by atoms with Crippen LogP contribution in [0, 0.1) is 17.8 Å². The lowest BCUT2D eigenvalue weighted by molar-refractivity contribution is -0.126. The first kappa shape index (κ1) is 15.6. The van der Waals surface area contributed by atoms with Crippen molar-refractivity contribution in [2.24, 2.45) is 17.8 Å². The molecule has 2 aliphatic carbocycles. The first-order valence-corrected chi connectivity index (χ1v) is 10.7. The van der Waals surface area contributed by atoms with Crippen LogP contribution in [0.3, 0.4) is 0 Å². The van der Waals surface area contributed by atoms with Gasteiger partial charge in [-0.05, 0) is 31.1 Å². The summed E-state index contributed by atoms with van der Waals surface area (Å²) in [5, 5.41) is 2.85. The molecule has 1 N–H and O–H groups in total. The third-order valence-electron chi connectivity index (χ3n) is 5.10. The first-order chi connectivity index (χ1) is 10.1. The topological polar surface area (TPSA) is 66.5 Å². The number of fused-ring (bicyclic) bond motifs is 2. The van der Waals surface area contributed by atoms with Crippen LogP contribution in [0.25, 0.3) is 0 Å². The molecule has 1 saturated heterocycles. The molecule has 2 bridgehead atoms. The monoisotopic (exact) mass is 332 g/mol. The minimum Gasteiger partial charge on any atom is -0.355 e. The number of nitrogens with zero attached hydrogens (tertiary/aromatic N) is 1. The van der Waals surface area contributed by atoms with Gasteiger partial charge in [0.25, 0.3) is 0 Å². The minimum absolute atomic E-state index is 0.0320. The Morgan fingerprint density at radius 1 is 1.19 bits per heavy atom. The van der Waals surface area contributed by atoms with E-state index in [1.165, 1.54) is 19.3 Å². The summed E-state index contributed by atoms with van der Waals surface area (Å²) in [5.41, 5.74) is 0. The molecule has 0 spiro atoms. The molecule has 3 aliphatic rings. The summed E-state index contributed by atoms with van der Waals surface area (Å²) >= 11 is 1.79. The van der Waals surface area contributed by atoms with E-state index < -0.39 is 10.0 Å². The maximum Gasteiger partial charge on any atom is 0.223 e. The fourth-order valence-electron chi connectivity index (χ4n) is 3.95. The highest BCUT2D eigenvalue weighted by Gasteiger charge is 2.42. The van der Waals surface area contributed by atoms with Crippen molar-refractivity contribution in [3.05, 3.63) is 0 Å². The number of hydrogen-bond donors (Lipinski definition) is 1. The molecule has 1 aliphatic heterocycles. The number of rotatable bonds is 5. The quantitative estimate of drug-likeness (QED) is 0.813. The van der Waals surface area contributed by atoms with Crippen LogP contribution in [0.1, 0.15) is 25.7 Å². The summed E-state index contributed by atoms with van der Waals surface area (Å²) in [6, 6.07) is 0. The molecule has 0 aromatic rings. The number of carbonyl (C=O) groups excluding carboxylic acids is 1. The molecule has 0 unspecified atom stereocenters. The zero-order valence-corrected chi connectivity index (χ0v) is 13.9. The van der Waals surface area contributed by atoms with Crippen LogP contribution in [0.4, 0.5) is 0 Å². The van der Waals surface area contributed by atoms with Crippen molar-refractivity contribution < 1.29 is 13.2 Å². The number of amides is 1. The Morgan fingerprint density at radius 3 is 2.57 bits per heavy atom. The Morgan fingerprint density at radius 2 is 1.95 bits per heavy atom. The third kappa shape index (κ3) is 3.56. The van der Waals surface area contributed by atoms with Crippen LogP contribution in [0.15, 0.2) is 0 Å². The van der Waals surface area contributed by atoms with Crippen molar-refractivity contribution in [3.8, 4) is 0 Å². The van der Waals surface area contributed by atoms with Gasteiger partial charge in [0.1, 0.15) is 0 Å². The third-order valence-corrected chi connectivity index (χ3v) is 7.91. The van der Waals surface area contributed by atoms with E-state index in [9.17, 15) is 13.2 Å². The summed E-state index contributed by atoms with van der Waals surface area (Å²) in [5.74, 6) is 3.27. The first-order valence-electron chi connectivity index (χ1n) is 7.89. The van der Waals surface area contributed by atoms with Crippen LogP contribution in [0.5, 0.6) is 0 Å². The molecular formula is C14H24N2O3S2. The summed E-state index contributed by atoms with van der Waals surface area (Å²) in [7, 11) is -3.21. The maximum atomic E-state index is 12.2. The number of nitrogens with one attached hydrogen (secondary N) is 1. The molecule has 21 heavy (non-hydrogen) atoms. The summed E-state index contributed by atoms with van der Waals surface area (Å²) in [6.07, 6.45) is 4.65. The van der Waals surface area contributed by atoms with Crippen LogP contribution in [-0.2, 0) is 14.8 Å². The van der Waals surface area contributed by atoms with Crippen molar-refractivity contribution >= 4 is 27.7 Å². The molecule has 0 aromatic heterocycles. The highest BCUT2D eigenvalue weighted by molar-refractivity contribution is 7.99. The molecule has 3 atom stereocenters. The van der Waals surface area contributed by atoms with Crippen LogP contribution in [-0.4, -0.2) is 55.5 Å². The molecule has 1 amide bonds. The molecule has 0 radical (unpaired) electrons. The average Bonchev–Trinajstić information content (AvgIpc) is 3.10. The van der Waals surface area contributed by atoms with Gasteiger partial charge in [-0.1, -0.05) is 6.42 Å². The van der Waals surface area contributed by atoms with Crippen molar-refractivity contribution in [1.82, 2.24) is 9.62 Å². The molecule has 120 valence electrons. The van der Waals surface area contributed by atoms with Gasteiger partial charge < -0.3 is 5.32 Å². The van der Waals surface area contributed by atoms with E-state index in [1.807, 2.05) is 0 Å². The largest absolute Gasteiger partial charge is 0.355 e. The van der Waals surface area contributed by atoms with E-state index in [4.69, 9.17) is 0 Å². The van der Waals surface area contributed by atoms with Crippen molar-refractivity contribution in [2.75, 3.05) is 36.9 Å². The normalized spacial score (nSPS) is 33.2. The number of hydrogen-bond acceptors (Lipinski definition) is 4. The summed E-state index contributed by atoms with van der Waals surface area (Å²) in [6.45, 7) is 1.46. The van der Waals surface area contributed by atoms with E-state index >= 15 is 0 Å². The molecule has 0 aromatic carbocycles. The van der Waals surface area contributed by atoms with E-state index in [1.54, 1.807) is 16.1 Å². The van der Waals surface area contributed by atoms with E-state index in [-0.39, 0.29) is 24.1 Å². The van der Waals surface area contributed by atoms with Crippen molar-refractivity contribution in [3.63, 3.8) is 0 Å². The van der Waals surface area contributed by atoms with Gasteiger partial charge in [0.2, 0.25) is 15.9 Å².